The predicted molar refractivity (Wildman–Crippen MR) is 112 cm³/mol. The van der Waals surface area contributed by atoms with Crippen LogP contribution >= 0.6 is 0 Å². The molecule has 8 nitrogen and oxygen atoms in total. The third-order valence-electron chi connectivity index (χ3n) is 5.39. The van der Waals surface area contributed by atoms with Crippen molar-refractivity contribution in [2.75, 3.05) is 25.9 Å². The van der Waals surface area contributed by atoms with Crippen molar-refractivity contribution in [3.05, 3.63) is 59.5 Å². The topological polar surface area (TPSA) is 99.9 Å². The van der Waals surface area contributed by atoms with Gasteiger partial charge in [0.1, 0.15) is 11.3 Å². The fourth-order valence-corrected chi connectivity index (χ4v) is 4.38. The Morgan fingerprint density at radius 2 is 1.93 bits per heavy atom. The van der Waals surface area contributed by atoms with Crippen LogP contribution in [0, 0.1) is 6.92 Å². The van der Waals surface area contributed by atoms with Gasteiger partial charge in [-0.25, -0.2) is 8.42 Å². The van der Waals surface area contributed by atoms with E-state index < -0.39 is 27.4 Å². The lowest BCUT2D eigenvalue weighted by molar-refractivity contribution is -0.152. The molecule has 162 valence electrons. The monoisotopic (exact) mass is 433 g/mol. The van der Waals surface area contributed by atoms with Crippen LogP contribution in [0.3, 0.4) is 0 Å². The van der Waals surface area contributed by atoms with Crippen molar-refractivity contribution < 1.29 is 22.4 Å². The summed E-state index contributed by atoms with van der Waals surface area (Å²) < 4.78 is 30.6. The largest absolute Gasteiger partial charge is 0.469 e. The van der Waals surface area contributed by atoms with Crippen LogP contribution in [-0.2, 0) is 32.6 Å². The van der Waals surface area contributed by atoms with Gasteiger partial charge in [-0.05, 0) is 31.5 Å². The van der Waals surface area contributed by atoms with E-state index >= 15 is 0 Å². The number of sulfonamides is 1. The number of rotatable bonds is 7. The van der Waals surface area contributed by atoms with E-state index in [1.54, 1.807) is 25.3 Å². The van der Waals surface area contributed by atoms with Crippen LogP contribution in [-0.4, -0.2) is 60.9 Å². The Morgan fingerprint density at radius 3 is 2.53 bits per heavy atom. The number of hydrogen-bond donors (Lipinski definition) is 1. The van der Waals surface area contributed by atoms with Gasteiger partial charge in [0.05, 0.1) is 19.1 Å². The van der Waals surface area contributed by atoms with Crippen LogP contribution in [0.25, 0.3) is 0 Å². The highest BCUT2D eigenvalue weighted by atomic mass is 32.2. The molecule has 2 heterocycles. The van der Waals surface area contributed by atoms with Crippen molar-refractivity contribution in [2.24, 2.45) is 0 Å². The van der Waals surface area contributed by atoms with Crippen molar-refractivity contribution in [2.45, 2.75) is 32.4 Å². The first-order chi connectivity index (χ1) is 14.1. The molecule has 1 saturated heterocycles. The van der Waals surface area contributed by atoms with E-state index in [0.717, 1.165) is 21.7 Å². The van der Waals surface area contributed by atoms with Crippen LogP contribution in [0.1, 0.15) is 23.8 Å². The quantitative estimate of drug-likeness (QED) is 0.710. The molecule has 1 aliphatic heterocycles. The first-order valence-electron chi connectivity index (χ1n) is 9.71. The summed E-state index contributed by atoms with van der Waals surface area (Å²) in [6.07, 6.45) is 3.02. The Labute approximate surface area is 176 Å². The molecule has 1 N–H and O–H groups in total. The molecule has 0 spiro atoms. The Kier molecular flexibility index (Phi) is 6.33. The van der Waals surface area contributed by atoms with Crippen molar-refractivity contribution in [1.82, 2.24) is 14.5 Å². The molecule has 0 bridgehead atoms. The molecule has 0 aliphatic carbocycles. The van der Waals surface area contributed by atoms with Gasteiger partial charge in [0.15, 0.2) is 0 Å². The Morgan fingerprint density at radius 1 is 1.23 bits per heavy atom. The summed E-state index contributed by atoms with van der Waals surface area (Å²) in [6, 6.07) is 11.3. The van der Waals surface area contributed by atoms with Crippen LogP contribution in [0.2, 0.25) is 0 Å². The summed E-state index contributed by atoms with van der Waals surface area (Å²) in [6.45, 7) is 3.74. The van der Waals surface area contributed by atoms with Gasteiger partial charge < -0.3 is 14.6 Å². The normalized spacial score (nSPS) is 20.4. The number of carbonyl (C=O) groups is 2. The highest BCUT2D eigenvalue weighted by Crippen LogP contribution is 2.25. The van der Waals surface area contributed by atoms with Gasteiger partial charge in [-0.3, -0.25) is 9.59 Å². The fourth-order valence-electron chi connectivity index (χ4n) is 3.55. The molecule has 1 aromatic carbocycles. The minimum Gasteiger partial charge on any atom is -0.469 e. The van der Waals surface area contributed by atoms with E-state index in [-0.39, 0.29) is 26.2 Å². The smallest absolute Gasteiger partial charge is 0.247 e. The minimum atomic E-state index is -3.63. The van der Waals surface area contributed by atoms with Gasteiger partial charge in [-0.2, -0.15) is 4.31 Å². The van der Waals surface area contributed by atoms with Crippen LogP contribution < -0.4 is 5.32 Å². The van der Waals surface area contributed by atoms with Crippen molar-refractivity contribution in [1.29, 1.82) is 0 Å². The number of nitrogens with zero attached hydrogens (tertiary/aromatic N) is 2. The maximum atomic E-state index is 13.2. The summed E-state index contributed by atoms with van der Waals surface area (Å²) in [5, 5.41) is 2.87. The molecular weight excluding hydrogens is 406 g/mol. The third kappa shape index (κ3) is 4.91. The molecule has 3 rings (SSSR count). The number of nitrogens with one attached hydrogen (secondary N) is 1. The number of benzene rings is 1. The number of hydrogen-bond acceptors (Lipinski definition) is 5. The minimum absolute atomic E-state index is 0.102. The predicted octanol–water partition coefficient (Wildman–Crippen LogP) is 1.31. The van der Waals surface area contributed by atoms with Crippen molar-refractivity contribution in [3.63, 3.8) is 0 Å². The summed E-state index contributed by atoms with van der Waals surface area (Å²) in [5.74, 6) is -0.119. The molecule has 0 radical (unpaired) electrons. The van der Waals surface area contributed by atoms with Gasteiger partial charge in [0.25, 0.3) is 0 Å². The Hall–Kier alpha value is -2.65. The zero-order valence-corrected chi connectivity index (χ0v) is 18.2. The Balaban J connectivity index is 1.80. The molecule has 9 heteroatoms. The molecular formula is C21H27N3O5S. The molecule has 0 unspecified atom stereocenters. The maximum absolute atomic E-state index is 13.2. The molecule has 2 aromatic rings. The lowest BCUT2D eigenvalue weighted by Crippen LogP contribution is -2.69. The number of aryl methyl sites for hydroxylation is 1. The van der Waals surface area contributed by atoms with Crippen LogP contribution in [0.5, 0.6) is 0 Å². The van der Waals surface area contributed by atoms with E-state index in [1.807, 2.05) is 31.2 Å². The van der Waals surface area contributed by atoms with E-state index in [0.29, 0.717) is 12.2 Å². The SMILES string of the molecule is Cc1ccc(CNC(=O)[C@]2(C)CN(S(C)(=O)=O)CC(=O)N2CCc2ccco2)cc1. The fraction of sp³-hybridized carbons (Fsp3) is 0.429. The van der Waals surface area contributed by atoms with Gasteiger partial charge >= 0.3 is 0 Å². The molecule has 1 atom stereocenters. The summed E-state index contributed by atoms with van der Waals surface area (Å²) in [7, 11) is -3.63. The second kappa shape index (κ2) is 8.61. The average molecular weight is 434 g/mol. The highest BCUT2D eigenvalue weighted by molar-refractivity contribution is 7.88. The zero-order chi connectivity index (χ0) is 21.9. The summed E-state index contributed by atoms with van der Waals surface area (Å²) in [5.41, 5.74) is 0.694. The van der Waals surface area contributed by atoms with E-state index in [2.05, 4.69) is 5.32 Å². The van der Waals surface area contributed by atoms with Gasteiger partial charge in [-0.1, -0.05) is 29.8 Å². The van der Waals surface area contributed by atoms with Gasteiger partial charge in [0, 0.05) is 26.1 Å². The second-order valence-corrected chi connectivity index (χ2v) is 9.83. The number of furan rings is 1. The lowest BCUT2D eigenvalue weighted by Gasteiger charge is -2.46. The summed E-state index contributed by atoms with van der Waals surface area (Å²) in [4.78, 5) is 27.5. The van der Waals surface area contributed by atoms with Crippen molar-refractivity contribution >= 4 is 21.8 Å². The number of carbonyl (C=O) groups excluding carboxylic acids is 2. The Bertz CT molecular complexity index is 1000. The number of piperazine rings is 1. The standard InChI is InChI=1S/C21H27N3O5S/c1-16-6-8-17(9-7-16)13-22-20(26)21(2)15-23(30(3,27)28)14-19(25)24(21)11-10-18-5-4-12-29-18/h4-9,12H,10-11,13-15H2,1-3H3,(H,22,26)/t21-/m0/s1. The van der Waals surface area contributed by atoms with Crippen molar-refractivity contribution in [3.8, 4) is 0 Å². The van der Waals surface area contributed by atoms with Crippen LogP contribution in [0.4, 0.5) is 0 Å². The molecule has 30 heavy (non-hydrogen) atoms. The van der Waals surface area contributed by atoms with E-state index in [9.17, 15) is 18.0 Å². The highest BCUT2D eigenvalue weighted by Gasteiger charge is 2.49. The van der Waals surface area contributed by atoms with Gasteiger partial charge in [0.2, 0.25) is 21.8 Å². The lowest BCUT2D eigenvalue weighted by atomic mass is 9.95. The first kappa shape index (κ1) is 22.0. The molecule has 0 saturated carbocycles. The second-order valence-electron chi connectivity index (χ2n) is 7.85. The maximum Gasteiger partial charge on any atom is 0.247 e. The molecule has 1 aromatic heterocycles. The van der Waals surface area contributed by atoms with E-state index in [1.165, 1.54) is 4.90 Å². The molecule has 2 amide bonds. The number of amides is 2. The zero-order valence-electron chi connectivity index (χ0n) is 17.4. The van der Waals surface area contributed by atoms with Gasteiger partial charge in [-0.15, -0.1) is 0 Å². The first-order valence-corrected chi connectivity index (χ1v) is 11.6. The summed E-state index contributed by atoms with van der Waals surface area (Å²) >= 11 is 0. The molecule has 1 aliphatic rings. The third-order valence-corrected chi connectivity index (χ3v) is 6.58. The average Bonchev–Trinajstić information content (AvgIpc) is 3.19. The molecule has 1 fully saturated rings. The van der Waals surface area contributed by atoms with Crippen LogP contribution in [0.15, 0.2) is 47.1 Å². The van der Waals surface area contributed by atoms with E-state index in [4.69, 9.17) is 4.42 Å².